The number of ether oxygens (including phenoxy) is 2. The molecule has 0 bridgehead atoms. The number of nitrogens with one attached hydrogen (secondary N) is 2. The summed E-state index contributed by atoms with van der Waals surface area (Å²) in [4.78, 5) is 35.5. The molecule has 0 aliphatic rings. The van der Waals surface area contributed by atoms with Crippen LogP contribution in [0.5, 0.6) is 11.5 Å². The predicted octanol–water partition coefficient (Wildman–Crippen LogP) is 1.68. The quantitative estimate of drug-likeness (QED) is 0.597. The van der Waals surface area contributed by atoms with Gasteiger partial charge in [-0.2, -0.15) is 0 Å². The molecule has 0 atom stereocenters. The number of carboxylic acids is 1. The Bertz CT molecular complexity index is 893. The molecule has 2 rings (SSSR count). The zero-order valence-electron chi connectivity index (χ0n) is 15.4. The Kier molecular flexibility index (Phi) is 7.15. The summed E-state index contributed by atoms with van der Waals surface area (Å²) in [6.45, 7) is -0.580. The smallest absolute Gasteiger partial charge is 0.322 e. The van der Waals surface area contributed by atoms with Crippen LogP contribution in [0.3, 0.4) is 0 Å². The lowest BCUT2D eigenvalue weighted by Crippen LogP contribution is -2.37. The van der Waals surface area contributed by atoms with Gasteiger partial charge in [-0.05, 0) is 35.9 Å². The molecular weight excluding hydrogens is 364 g/mol. The minimum Gasteiger partial charge on any atom is -0.493 e. The van der Waals surface area contributed by atoms with E-state index in [4.69, 9.17) is 14.6 Å². The molecule has 2 aromatic rings. The van der Waals surface area contributed by atoms with Crippen molar-refractivity contribution in [2.24, 2.45) is 0 Å². The molecule has 0 unspecified atom stereocenters. The number of hydrogen-bond donors (Lipinski definition) is 3. The molecule has 0 saturated heterocycles. The standard InChI is InChI=1S/C20H20N2O6/c1-27-16-9-8-13(11-17(16)28-2)10-15(20(26)21-12-18(23)24)22-19(25)14-6-4-3-5-7-14/h3-11H,12H2,1-2H3,(H,21,26)(H,22,25)(H,23,24)/b15-10+. The van der Waals surface area contributed by atoms with E-state index >= 15 is 0 Å². The van der Waals surface area contributed by atoms with Gasteiger partial charge in [0.25, 0.3) is 11.8 Å². The highest BCUT2D eigenvalue weighted by atomic mass is 16.5. The maximum Gasteiger partial charge on any atom is 0.322 e. The number of carboxylic acid groups (broad SMARTS) is 1. The Morgan fingerprint density at radius 3 is 2.29 bits per heavy atom. The van der Waals surface area contributed by atoms with Gasteiger partial charge in [-0.3, -0.25) is 14.4 Å². The summed E-state index contributed by atoms with van der Waals surface area (Å²) in [5.41, 5.74) is 0.792. The van der Waals surface area contributed by atoms with Gasteiger partial charge >= 0.3 is 5.97 Å². The van der Waals surface area contributed by atoms with Crippen molar-refractivity contribution in [1.82, 2.24) is 10.6 Å². The average Bonchev–Trinajstić information content (AvgIpc) is 2.71. The lowest BCUT2D eigenvalue weighted by Gasteiger charge is -2.11. The zero-order valence-corrected chi connectivity index (χ0v) is 15.4. The van der Waals surface area contributed by atoms with Crippen molar-refractivity contribution in [3.05, 3.63) is 65.4 Å². The number of carbonyl (C=O) groups is 3. The van der Waals surface area contributed by atoms with Crippen LogP contribution in [0.25, 0.3) is 6.08 Å². The Balaban J connectivity index is 2.34. The van der Waals surface area contributed by atoms with Crippen molar-refractivity contribution in [3.8, 4) is 11.5 Å². The van der Waals surface area contributed by atoms with Crippen LogP contribution in [0.2, 0.25) is 0 Å². The van der Waals surface area contributed by atoms with Gasteiger partial charge in [0.15, 0.2) is 11.5 Å². The molecule has 2 aromatic carbocycles. The Labute approximate surface area is 161 Å². The molecular formula is C20H20N2O6. The fourth-order valence-electron chi connectivity index (χ4n) is 2.30. The Morgan fingerprint density at radius 2 is 1.68 bits per heavy atom. The first-order valence-corrected chi connectivity index (χ1v) is 8.24. The molecule has 0 spiro atoms. The molecule has 8 heteroatoms. The lowest BCUT2D eigenvalue weighted by molar-refractivity contribution is -0.137. The molecule has 0 aromatic heterocycles. The second kappa shape index (κ2) is 9.77. The molecule has 0 fully saturated rings. The molecule has 0 heterocycles. The molecule has 0 aliphatic carbocycles. The van der Waals surface area contributed by atoms with Crippen molar-refractivity contribution in [1.29, 1.82) is 0 Å². The third-order valence-electron chi connectivity index (χ3n) is 3.65. The van der Waals surface area contributed by atoms with Crippen LogP contribution < -0.4 is 20.1 Å². The first-order chi connectivity index (χ1) is 13.4. The fourth-order valence-corrected chi connectivity index (χ4v) is 2.30. The number of amides is 2. The molecule has 3 N–H and O–H groups in total. The van der Waals surface area contributed by atoms with Crippen molar-refractivity contribution < 1.29 is 29.0 Å². The van der Waals surface area contributed by atoms with Crippen LogP contribution in [-0.2, 0) is 9.59 Å². The van der Waals surface area contributed by atoms with Crippen LogP contribution in [0.4, 0.5) is 0 Å². The van der Waals surface area contributed by atoms with Gasteiger partial charge in [-0.1, -0.05) is 24.3 Å². The highest BCUT2D eigenvalue weighted by Crippen LogP contribution is 2.28. The Hall–Kier alpha value is -3.81. The first kappa shape index (κ1) is 20.5. The van der Waals surface area contributed by atoms with Gasteiger partial charge in [-0.15, -0.1) is 0 Å². The molecule has 28 heavy (non-hydrogen) atoms. The molecule has 2 amide bonds. The second-order valence-corrected chi connectivity index (χ2v) is 5.57. The van der Waals surface area contributed by atoms with Gasteiger partial charge in [0.05, 0.1) is 14.2 Å². The highest BCUT2D eigenvalue weighted by Gasteiger charge is 2.16. The SMILES string of the molecule is COc1ccc(/C=C(/NC(=O)c2ccccc2)C(=O)NCC(=O)O)cc1OC. The van der Waals surface area contributed by atoms with E-state index < -0.39 is 24.3 Å². The van der Waals surface area contributed by atoms with Crippen molar-refractivity contribution in [2.75, 3.05) is 20.8 Å². The summed E-state index contributed by atoms with van der Waals surface area (Å²) < 4.78 is 10.4. The minimum absolute atomic E-state index is 0.109. The molecule has 0 saturated carbocycles. The third-order valence-corrected chi connectivity index (χ3v) is 3.65. The van der Waals surface area contributed by atoms with Crippen molar-refractivity contribution in [3.63, 3.8) is 0 Å². The Morgan fingerprint density at radius 1 is 1.00 bits per heavy atom. The van der Waals surface area contributed by atoms with Crippen LogP contribution >= 0.6 is 0 Å². The van der Waals surface area contributed by atoms with Gasteiger partial charge in [0.1, 0.15) is 12.2 Å². The topological polar surface area (TPSA) is 114 Å². The molecule has 0 aliphatic heterocycles. The van der Waals surface area contributed by atoms with Gasteiger partial charge in [-0.25, -0.2) is 0 Å². The predicted molar refractivity (Wildman–Crippen MR) is 102 cm³/mol. The molecule has 0 radical (unpaired) electrons. The third kappa shape index (κ3) is 5.60. The normalized spacial score (nSPS) is 10.7. The van der Waals surface area contributed by atoms with Gasteiger partial charge in [0, 0.05) is 5.56 Å². The van der Waals surface area contributed by atoms with E-state index in [0.717, 1.165) is 0 Å². The number of hydrogen-bond acceptors (Lipinski definition) is 5. The highest BCUT2D eigenvalue weighted by molar-refractivity contribution is 6.05. The van der Waals surface area contributed by atoms with E-state index in [0.29, 0.717) is 22.6 Å². The van der Waals surface area contributed by atoms with Crippen LogP contribution in [0, 0.1) is 0 Å². The monoisotopic (exact) mass is 384 g/mol. The maximum absolute atomic E-state index is 12.4. The van der Waals surface area contributed by atoms with Gasteiger partial charge in [0.2, 0.25) is 0 Å². The van der Waals surface area contributed by atoms with Crippen molar-refractivity contribution in [2.45, 2.75) is 0 Å². The van der Waals surface area contributed by atoms with E-state index in [1.54, 1.807) is 48.5 Å². The summed E-state index contributed by atoms with van der Waals surface area (Å²) in [5, 5.41) is 13.5. The van der Waals surface area contributed by atoms with E-state index in [-0.39, 0.29) is 5.70 Å². The number of methoxy groups -OCH3 is 2. The second-order valence-electron chi connectivity index (χ2n) is 5.57. The van der Waals surface area contributed by atoms with E-state index in [1.165, 1.54) is 20.3 Å². The molecule has 146 valence electrons. The molecule has 8 nitrogen and oxygen atoms in total. The van der Waals surface area contributed by atoms with E-state index in [2.05, 4.69) is 10.6 Å². The summed E-state index contributed by atoms with van der Waals surface area (Å²) in [7, 11) is 2.97. The number of rotatable bonds is 8. The summed E-state index contributed by atoms with van der Waals surface area (Å²) >= 11 is 0. The minimum atomic E-state index is -1.20. The summed E-state index contributed by atoms with van der Waals surface area (Å²) in [6.07, 6.45) is 1.42. The first-order valence-electron chi connectivity index (χ1n) is 8.24. The average molecular weight is 384 g/mol. The van der Waals surface area contributed by atoms with Crippen molar-refractivity contribution >= 4 is 23.9 Å². The largest absolute Gasteiger partial charge is 0.493 e. The lowest BCUT2D eigenvalue weighted by atomic mass is 10.1. The maximum atomic E-state index is 12.4. The van der Waals surface area contributed by atoms with Crippen LogP contribution in [0.15, 0.2) is 54.2 Å². The zero-order chi connectivity index (χ0) is 20.5. The number of carbonyl (C=O) groups excluding carboxylic acids is 2. The summed E-state index contributed by atoms with van der Waals surface area (Å²) in [6, 6.07) is 13.3. The van der Waals surface area contributed by atoms with Gasteiger partial charge < -0.3 is 25.2 Å². The number of aliphatic carboxylic acids is 1. The number of benzene rings is 2. The van der Waals surface area contributed by atoms with Crippen LogP contribution in [-0.4, -0.2) is 43.7 Å². The fraction of sp³-hybridized carbons (Fsp3) is 0.150. The van der Waals surface area contributed by atoms with Crippen LogP contribution in [0.1, 0.15) is 15.9 Å². The van der Waals surface area contributed by atoms with E-state index in [9.17, 15) is 14.4 Å². The summed E-state index contributed by atoms with van der Waals surface area (Å²) in [5.74, 6) is -1.49. The van der Waals surface area contributed by atoms with E-state index in [1.807, 2.05) is 0 Å².